The van der Waals surface area contributed by atoms with Crippen LogP contribution in [0.5, 0.6) is 0 Å². The molecule has 0 radical (unpaired) electrons. The van der Waals surface area contributed by atoms with Crippen LogP contribution in [-0.4, -0.2) is 27.6 Å². The van der Waals surface area contributed by atoms with Gasteiger partial charge in [0.2, 0.25) is 0 Å². The molecule has 0 aliphatic rings. The van der Waals surface area contributed by atoms with Crippen LogP contribution in [-0.2, 0) is 4.79 Å². The number of nitrogens with one attached hydrogen (secondary N) is 2. The SMILES string of the molecule is Cc1ccccc1Nc1cnc(NCC(=O)O)cn1. The van der Waals surface area contributed by atoms with E-state index in [1.165, 1.54) is 6.20 Å². The Labute approximate surface area is 110 Å². The van der Waals surface area contributed by atoms with E-state index < -0.39 is 5.97 Å². The zero-order chi connectivity index (χ0) is 13.7. The number of rotatable bonds is 5. The van der Waals surface area contributed by atoms with Gasteiger partial charge >= 0.3 is 5.97 Å². The molecular formula is C13H14N4O2. The van der Waals surface area contributed by atoms with Crippen LogP contribution in [0.1, 0.15) is 5.56 Å². The molecule has 0 atom stereocenters. The van der Waals surface area contributed by atoms with Crippen LogP contribution in [0.15, 0.2) is 36.7 Å². The molecule has 0 saturated heterocycles. The Balaban J connectivity index is 2.03. The van der Waals surface area contributed by atoms with Crippen molar-refractivity contribution in [3.8, 4) is 0 Å². The lowest BCUT2D eigenvalue weighted by Gasteiger charge is -2.08. The van der Waals surface area contributed by atoms with Gasteiger partial charge in [0.15, 0.2) is 0 Å². The smallest absolute Gasteiger partial charge is 0.322 e. The Hall–Kier alpha value is -2.63. The summed E-state index contributed by atoms with van der Waals surface area (Å²) in [5, 5.41) is 14.3. The molecule has 0 spiro atoms. The van der Waals surface area contributed by atoms with E-state index in [-0.39, 0.29) is 6.54 Å². The molecule has 0 aliphatic carbocycles. The van der Waals surface area contributed by atoms with Gasteiger partial charge in [-0.15, -0.1) is 0 Å². The molecule has 1 aromatic heterocycles. The maximum absolute atomic E-state index is 10.4. The van der Waals surface area contributed by atoms with E-state index in [1.54, 1.807) is 6.20 Å². The maximum atomic E-state index is 10.4. The highest BCUT2D eigenvalue weighted by Gasteiger charge is 2.01. The van der Waals surface area contributed by atoms with Gasteiger partial charge in [-0.1, -0.05) is 18.2 Å². The highest BCUT2D eigenvalue weighted by atomic mass is 16.4. The van der Waals surface area contributed by atoms with Crippen molar-refractivity contribution in [3.05, 3.63) is 42.2 Å². The van der Waals surface area contributed by atoms with Gasteiger partial charge in [-0.05, 0) is 18.6 Å². The average Bonchev–Trinajstić information content (AvgIpc) is 2.40. The predicted molar refractivity (Wildman–Crippen MR) is 72.6 cm³/mol. The molecule has 1 aromatic carbocycles. The predicted octanol–water partition coefficient (Wildman–Crippen LogP) is 2.03. The number of para-hydroxylation sites is 1. The summed E-state index contributed by atoms with van der Waals surface area (Å²) < 4.78 is 0. The highest BCUT2D eigenvalue weighted by Crippen LogP contribution is 2.18. The molecule has 1 heterocycles. The topological polar surface area (TPSA) is 87.1 Å². The Morgan fingerprint density at radius 2 is 1.89 bits per heavy atom. The second-order valence-corrected chi connectivity index (χ2v) is 3.97. The minimum absolute atomic E-state index is 0.181. The van der Waals surface area contributed by atoms with Crippen molar-refractivity contribution in [3.63, 3.8) is 0 Å². The van der Waals surface area contributed by atoms with Crippen LogP contribution in [0.4, 0.5) is 17.3 Å². The normalized spacial score (nSPS) is 9.95. The summed E-state index contributed by atoms with van der Waals surface area (Å²) in [6, 6.07) is 7.85. The number of aliphatic carboxylic acids is 1. The molecule has 2 rings (SSSR count). The number of carboxylic acids is 1. The summed E-state index contributed by atoms with van der Waals surface area (Å²) in [5.41, 5.74) is 2.07. The second kappa shape index (κ2) is 5.81. The Kier molecular flexibility index (Phi) is 3.92. The molecule has 0 saturated carbocycles. The molecule has 0 unspecified atom stereocenters. The zero-order valence-electron chi connectivity index (χ0n) is 10.4. The third-order valence-corrected chi connectivity index (χ3v) is 2.48. The molecular weight excluding hydrogens is 244 g/mol. The van der Waals surface area contributed by atoms with Gasteiger partial charge in [-0.25, -0.2) is 9.97 Å². The fraction of sp³-hybridized carbons (Fsp3) is 0.154. The van der Waals surface area contributed by atoms with E-state index in [0.29, 0.717) is 11.6 Å². The molecule has 0 fully saturated rings. The van der Waals surface area contributed by atoms with Crippen LogP contribution >= 0.6 is 0 Å². The second-order valence-electron chi connectivity index (χ2n) is 3.97. The standard InChI is InChI=1S/C13H14N4O2/c1-9-4-2-3-5-10(9)17-12-7-14-11(6-15-12)16-8-13(18)19/h2-7H,8H2,1H3,(H,14,16)(H,15,17)(H,18,19). The molecule has 6 heteroatoms. The molecule has 19 heavy (non-hydrogen) atoms. The fourth-order valence-electron chi connectivity index (χ4n) is 1.50. The van der Waals surface area contributed by atoms with E-state index in [1.807, 2.05) is 31.2 Å². The van der Waals surface area contributed by atoms with Crippen molar-refractivity contribution in [2.24, 2.45) is 0 Å². The summed E-state index contributed by atoms with van der Waals surface area (Å²) in [5.74, 6) is 0.0943. The summed E-state index contributed by atoms with van der Waals surface area (Å²) in [4.78, 5) is 18.6. The van der Waals surface area contributed by atoms with Crippen molar-refractivity contribution >= 4 is 23.3 Å². The number of carboxylic acid groups (broad SMARTS) is 1. The number of benzene rings is 1. The van der Waals surface area contributed by atoms with Gasteiger partial charge in [-0.2, -0.15) is 0 Å². The molecule has 0 aliphatic heterocycles. The molecule has 6 nitrogen and oxygen atoms in total. The molecule has 98 valence electrons. The number of aromatic nitrogens is 2. The number of nitrogens with zero attached hydrogens (tertiary/aromatic N) is 2. The summed E-state index contributed by atoms with van der Waals surface area (Å²) in [6.07, 6.45) is 3.04. The molecule has 0 bridgehead atoms. The van der Waals surface area contributed by atoms with Gasteiger partial charge in [-0.3, -0.25) is 4.79 Å². The van der Waals surface area contributed by atoms with Crippen molar-refractivity contribution in [1.29, 1.82) is 0 Å². The first-order chi connectivity index (χ1) is 9.15. The third-order valence-electron chi connectivity index (χ3n) is 2.48. The van der Waals surface area contributed by atoms with Crippen LogP contribution < -0.4 is 10.6 Å². The first-order valence-corrected chi connectivity index (χ1v) is 5.75. The first-order valence-electron chi connectivity index (χ1n) is 5.75. The largest absolute Gasteiger partial charge is 0.480 e. The average molecular weight is 258 g/mol. The number of hydrogen-bond donors (Lipinski definition) is 3. The zero-order valence-corrected chi connectivity index (χ0v) is 10.4. The number of carbonyl (C=O) groups is 1. The van der Waals surface area contributed by atoms with Crippen molar-refractivity contribution < 1.29 is 9.90 Å². The lowest BCUT2D eigenvalue weighted by Crippen LogP contribution is -2.13. The summed E-state index contributed by atoms with van der Waals surface area (Å²) in [6.45, 7) is 1.82. The number of aryl methyl sites for hydroxylation is 1. The number of hydrogen-bond acceptors (Lipinski definition) is 5. The lowest BCUT2D eigenvalue weighted by atomic mass is 10.2. The molecule has 3 N–H and O–H groups in total. The van der Waals surface area contributed by atoms with Crippen molar-refractivity contribution in [2.75, 3.05) is 17.2 Å². The Morgan fingerprint density at radius 3 is 2.53 bits per heavy atom. The highest BCUT2D eigenvalue weighted by molar-refractivity contribution is 5.72. The van der Waals surface area contributed by atoms with Gasteiger partial charge in [0, 0.05) is 5.69 Å². The number of anilines is 3. The molecule has 2 aromatic rings. The van der Waals surface area contributed by atoms with Gasteiger partial charge in [0.1, 0.15) is 18.2 Å². The first kappa shape index (κ1) is 12.8. The maximum Gasteiger partial charge on any atom is 0.322 e. The van der Waals surface area contributed by atoms with Gasteiger partial charge < -0.3 is 15.7 Å². The summed E-state index contributed by atoms with van der Waals surface area (Å²) in [7, 11) is 0. The minimum Gasteiger partial charge on any atom is -0.480 e. The van der Waals surface area contributed by atoms with E-state index in [0.717, 1.165) is 11.3 Å². The Morgan fingerprint density at radius 1 is 1.21 bits per heavy atom. The molecule has 0 amide bonds. The summed E-state index contributed by atoms with van der Waals surface area (Å²) >= 11 is 0. The monoisotopic (exact) mass is 258 g/mol. The van der Waals surface area contributed by atoms with Crippen molar-refractivity contribution in [1.82, 2.24) is 9.97 Å². The quantitative estimate of drug-likeness (QED) is 0.760. The van der Waals surface area contributed by atoms with Crippen LogP contribution in [0.3, 0.4) is 0 Å². The van der Waals surface area contributed by atoms with E-state index in [9.17, 15) is 4.79 Å². The third kappa shape index (κ3) is 3.67. The lowest BCUT2D eigenvalue weighted by molar-refractivity contribution is -0.134. The van der Waals surface area contributed by atoms with Crippen molar-refractivity contribution in [2.45, 2.75) is 6.92 Å². The van der Waals surface area contributed by atoms with E-state index >= 15 is 0 Å². The van der Waals surface area contributed by atoms with Crippen LogP contribution in [0, 0.1) is 6.92 Å². The van der Waals surface area contributed by atoms with Gasteiger partial charge in [0.05, 0.1) is 12.4 Å². The van der Waals surface area contributed by atoms with Gasteiger partial charge in [0.25, 0.3) is 0 Å². The fourth-order valence-corrected chi connectivity index (χ4v) is 1.50. The van der Waals surface area contributed by atoms with E-state index in [2.05, 4.69) is 20.6 Å². The van der Waals surface area contributed by atoms with E-state index in [4.69, 9.17) is 5.11 Å². The van der Waals surface area contributed by atoms with Crippen LogP contribution in [0.25, 0.3) is 0 Å². The minimum atomic E-state index is -0.941. The Bertz CT molecular complexity index is 569. The van der Waals surface area contributed by atoms with Crippen LogP contribution in [0.2, 0.25) is 0 Å².